The highest BCUT2D eigenvalue weighted by atomic mass is 15.0. The average molecular weight is 188 g/mol. The molecule has 0 saturated carbocycles. The Bertz CT molecular complexity index is 466. The van der Waals surface area contributed by atoms with Crippen LogP contribution in [0.15, 0.2) is 18.3 Å². The summed E-state index contributed by atoms with van der Waals surface area (Å²) in [7, 11) is 2.06. The van der Waals surface area contributed by atoms with Crippen LogP contribution in [0.1, 0.15) is 31.0 Å². The summed E-state index contributed by atoms with van der Waals surface area (Å²) >= 11 is 0. The van der Waals surface area contributed by atoms with Crippen molar-refractivity contribution in [3.63, 3.8) is 0 Å². The van der Waals surface area contributed by atoms with Crippen LogP contribution in [-0.4, -0.2) is 9.55 Å². The van der Waals surface area contributed by atoms with Gasteiger partial charge in [-0.25, -0.2) is 4.98 Å². The van der Waals surface area contributed by atoms with E-state index in [1.54, 1.807) is 0 Å². The largest absolute Gasteiger partial charge is 0.333 e. The maximum absolute atomic E-state index is 4.41. The molecule has 0 unspecified atom stereocenters. The Morgan fingerprint density at radius 2 is 2.07 bits per heavy atom. The third-order valence-corrected chi connectivity index (χ3v) is 2.82. The van der Waals surface area contributed by atoms with Crippen molar-refractivity contribution in [2.45, 2.75) is 26.7 Å². The Labute approximate surface area is 84.6 Å². The number of rotatable bonds is 1. The molecular formula is C12H16N2. The first-order valence-corrected chi connectivity index (χ1v) is 5.02. The van der Waals surface area contributed by atoms with Gasteiger partial charge < -0.3 is 4.57 Å². The smallest absolute Gasteiger partial charge is 0.140 e. The molecule has 14 heavy (non-hydrogen) atoms. The molecular weight excluding hydrogens is 172 g/mol. The summed E-state index contributed by atoms with van der Waals surface area (Å²) in [4.78, 5) is 4.41. The summed E-state index contributed by atoms with van der Waals surface area (Å²) in [6.45, 7) is 6.56. The summed E-state index contributed by atoms with van der Waals surface area (Å²) in [6.07, 6.45) is 1.90. The molecule has 2 heteroatoms. The van der Waals surface area contributed by atoms with Crippen LogP contribution in [0.2, 0.25) is 0 Å². The van der Waals surface area contributed by atoms with Gasteiger partial charge in [0.1, 0.15) is 5.65 Å². The molecule has 0 aromatic carbocycles. The van der Waals surface area contributed by atoms with Gasteiger partial charge in [-0.05, 0) is 30.5 Å². The molecule has 0 N–H and O–H groups in total. The summed E-state index contributed by atoms with van der Waals surface area (Å²) in [5.41, 5.74) is 3.74. The molecule has 0 aliphatic carbocycles. The third kappa shape index (κ3) is 1.22. The molecule has 2 rings (SSSR count). The lowest BCUT2D eigenvalue weighted by atomic mass is 10.0. The molecule has 0 radical (unpaired) electrons. The van der Waals surface area contributed by atoms with Crippen LogP contribution in [0.25, 0.3) is 11.0 Å². The minimum atomic E-state index is 0.558. The van der Waals surface area contributed by atoms with Crippen molar-refractivity contribution in [1.29, 1.82) is 0 Å². The van der Waals surface area contributed by atoms with E-state index in [9.17, 15) is 0 Å². The van der Waals surface area contributed by atoms with E-state index in [0.717, 1.165) is 5.65 Å². The summed E-state index contributed by atoms with van der Waals surface area (Å²) in [6, 6.07) is 4.34. The van der Waals surface area contributed by atoms with Crippen LogP contribution in [0, 0.1) is 6.92 Å². The van der Waals surface area contributed by atoms with Gasteiger partial charge >= 0.3 is 0 Å². The second-order valence-electron chi connectivity index (χ2n) is 4.14. The fraction of sp³-hybridized carbons (Fsp3) is 0.417. The minimum Gasteiger partial charge on any atom is -0.333 e. The van der Waals surface area contributed by atoms with Crippen LogP contribution in [-0.2, 0) is 7.05 Å². The summed E-state index contributed by atoms with van der Waals surface area (Å²) < 4.78 is 2.14. The average Bonchev–Trinajstić information content (AvgIpc) is 2.43. The fourth-order valence-corrected chi connectivity index (χ4v) is 1.87. The molecule has 0 bridgehead atoms. The van der Waals surface area contributed by atoms with E-state index in [1.165, 1.54) is 16.6 Å². The molecule has 2 aromatic rings. The molecule has 74 valence electrons. The molecule has 0 aliphatic heterocycles. The lowest BCUT2D eigenvalue weighted by molar-refractivity contribution is 0.869. The molecule has 0 spiro atoms. The summed E-state index contributed by atoms with van der Waals surface area (Å²) in [5, 5.41) is 1.29. The van der Waals surface area contributed by atoms with E-state index < -0.39 is 0 Å². The van der Waals surface area contributed by atoms with E-state index in [1.807, 2.05) is 6.20 Å². The van der Waals surface area contributed by atoms with Gasteiger partial charge in [0.25, 0.3) is 0 Å². The Morgan fingerprint density at radius 1 is 1.36 bits per heavy atom. The number of pyridine rings is 1. The lowest BCUT2D eigenvalue weighted by Crippen LogP contribution is -1.93. The lowest BCUT2D eigenvalue weighted by Gasteiger charge is -2.06. The van der Waals surface area contributed by atoms with E-state index in [-0.39, 0.29) is 0 Å². The van der Waals surface area contributed by atoms with Gasteiger partial charge in [0, 0.05) is 24.3 Å². The van der Waals surface area contributed by atoms with Crippen molar-refractivity contribution < 1.29 is 0 Å². The molecule has 0 fully saturated rings. The van der Waals surface area contributed by atoms with Gasteiger partial charge in [-0.1, -0.05) is 13.8 Å². The predicted molar refractivity (Wildman–Crippen MR) is 59.5 cm³/mol. The van der Waals surface area contributed by atoms with Crippen LogP contribution in [0.5, 0.6) is 0 Å². The van der Waals surface area contributed by atoms with Crippen molar-refractivity contribution in [2.24, 2.45) is 7.05 Å². The van der Waals surface area contributed by atoms with Gasteiger partial charge in [-0.2, -0.15) is 0 Å². The highest BCUT2D eigenvalue weighted by Gasteiger charge is 2.09. The van der Waals surface area contributed by atoms with Gasteiger partial charge in [0.05, 0.1) is 0 Å². The quantitative estimate of drug-likeness (QED) is 0.672. The Kier molecular flexibility index (Phi) is 2.06. The first-order chi connectivity index (χ1) is 6.61. The maximum Gasteiger partial charge on any atom is 0.140 e. The summed E-state index contributed by atoms with van der Waals surface area (Å²) in [5.74, 6) is 0.558. The molecule has 0 saturated heterocycles. The van der Waals surface area contributed by atoms with Crippen LogP contribution >= 0.6 is 0 Å². The Morgan fingerprint density at radius 3 is 2.71 bits per heavy atom. The van der Waals surface area contributed by atoms with E-state index >= 15 is 0 Å². The molecule has 0 amide bonds. The van der Waals surface area contributed by atoms with Gasteiger partial charge in [-0.15, -0.1) is 0 Å². The second kappa shape index (κ2) is 3.12. The van der Waals surface area contributed by atoms with Crippen LogP contribution < -0.4 is 0 Å². The molecule has 2 heterocycles. The van der Waals surface area contributed by atoms with Gasteiger partial charge in [0.15, 0.2) is 0 Å². The monoisotopic (exact) mass is 188 g/mol. The van der Waals surface area contributed by atoms with Gasteiger partial charge in [-0.3, -0.25) is 0 Å². The van der Waals surface area contributed by atoms with E-state index in [4.69, 9.17) is 0 Å². The number of fused-ring (bicyclic) bond motifs is 1. The SMILES string of the molecule is Cc1cc2c(C(C)C)ccnc2n1C. The van der Waals surface area contributed by atoms with Crippen molar-refractivity contribution in [3.8, 4) is 0 Å². The number of hydrogen-bond acceptors (Lipinski definition) is 1. The fourth-order valence-electron chi connectivity index (χ4n) is 1.87. The zero-order chi connectivity index (χ0) is 10.3. The van der Waals surface area contributed by atoms with E-state index in [2.05, 4.69) is 49.5 Å². The van der Waals surface area contributed by atoms with Crippen molar-refractivity contribution in [3.05, 3.63) is 29.6 Å². The first kappa shape index (κ1) is 9.25. The van der Waals surface area contributed by atoms with E-state index in [0.29, 0.717) is 5.92 Å². The van der Waals surface area contributed by atoms with Crippen LogP contribution in [0.3, 0.4) is 0 Å². The first-order valence-electron chi connectivity index (χ1n) is 5.02. The Balaban J connectivity index is 2.81. The zero-order valence-electron chi connectivity index (χ0n) is 9.20. The minimum absolute atomic E-state index is 0.558. The van der Waals surface area contributed by atoms with Crippen LogP contribution in [0.4, 0.5) is 0 Å². The van der Waals surface area contributed by atoms with Crippen molar-refractivity contribution in [2.75, 3.05) is 0 Å². The predicted octanol–water partition coefficient (Wildman–Crippen LogP) is 3.01. The zero-order valence-corrected chi connectivity index (χ0v) is 9.20. The Hall–Kier alpha value is -1.31. The topological polar surface area (TPSA) is 17.8 Å². The number of hydrogen-bond donors (Lipinski definition) is 0. The van der Waals surface area contributed by atoms with Crippen molar-refractivity contribution in [1.82, 2.24) is 9.55 Å². The number of aryl methyl sites for hydroxylation is 2. The normalized spacial score (nSPS) is 11.5. The highest BCUT2D eigenvalue weighted by molar-refractivity contribution is 5.81. The molecule has 2 aromatic heterocycles. The van der Waals surface area contributed by atoms with Crippen molar-refractivity contribution >= 4 is 11.0 Å². The third-order valence-electron chi connectivity index (χ3n) is 2.82. The number of aromatic nitrogens is 2. The molecule has 0 aliphatic rings. The van der Waals surface area contributed by atoms with Gasteiger partial charge in [0.2, 0.25) is 0 Å². The second-order valence-corrected chi connectivity index (χ2v) is 4.14. The number of nitrogens with zero attached hydrogens (tertiary/aromatic N) is 2. The molecule has 2 nitrogen and oxygen atoms in total. The molecule has 0 atom stereocenters. The highest BCUT2D eigenvalue weighted by Crippen LogP contribution is 2.25. The maximum atomic E-state index is 4.41. The standard InChI is InChI=1S/C12H16N2/c1-8(2)10-5-6-13-12-11(10)7-9(3)14(12)4/h5-8H,1-4H3.